The second kappa shape index (κ2) is 13.5. The van der Waals surface area contributed by atoms with E-state index in [0.717, 1.165) is 58.0 Å². The lowest BCUT2D eigenvalue weighted by Gasteiger charge is -2.19. The molecule has 4 heteroatoms. The normalized spacial score (nSPS) is 28.4. The molecule has 0 aromatic heterocycles. The quantitative estimate of drug-likeness (QED) is 0.349. The molecule has 0 bridgehead atoms. The molecule has 0 aliphatic heterocycles. The van der Waals surface area contributed by atoms with E-state index < -0.39 is 18.3 Å². The Morgan fingerprint density at radius 3 is 2.60 bits per heavy atom. The molecular formula is C21H38O4. The molecular weight excluding hydrogens is 316 g/mol. The topological polar surface area (TPSA) is 69.9 Å². The summed E-state index contributed by atoms with van der Waals surface area (Å²) in [5, 5.41) is 30.5. The first-order valence-electron chi connectivity index (χ1n) is 9.96. The summed E-state index contributed by atoms with van der Waals surface area (Å²) in [6.45, 7) is 2.95. The third-order valence-electron chi connectivity index (χ3n) is 5.12. The van der Waals surface area contributed by atoms with Gasteiger partial charge in [0.05, 0.1) is 18.3 Å². The minimum absolute atomic E-state index is 0.0318. The van der Waals surface area contributed by atoms with Gasteiger partial charge in [0.15, 0.2) is 0 Å². The van der Waals surface area contributed by atoms with E-state index in [-0.39, 0.29) is 11.8 Å². The van der Waals surface area contributed by atoms with Crippen LogP contribution >= 0.6 is 0 Å². The van der Waals surface area contributed by atoms with Crippen molar-refractivity contribution in [2.24, 2.45) is 11.8 Å². The molecule has 0 saturated heterocycles. The Bertz CT molecular complexity index is 380. The van der Waals surface area contributed by atoms with Gasteiger partial charge in [-0.25, -0.2) is 0 Å². The van der Waals surface area contributed by atoms with Crippen molar-refractivity contribution in [3.05, 3.63) is 24.3 Å². The van der Waals surface area contributed by atoms with Crippen molar-refractivity contribution in [2.45, 2.75) is 83.0 Å². The van der Waals surface area contributed by atoms with Gasteiger partial charge in [-0.2, -0.15) is 0 Å². The number of unbranched alkanes of at least 4 members (excludes halogenated alkanes) is 4. The highest BCUT2D eigenvalue weighted by atomic mass is 16.5. The van der Waals surface area contributed by atoms with Crippen LogP contribution in [0.2, 0.25) is 0 Å². The molecule has 5 atom stereocenters. The number of aliphatic hydroxyl groups is 3. The molecule has 0 aromatic carbocycles. The Kier molecular flexibility index (Phi) is 12.1. The zero-order valence-corrected chi connectivity index (χ0v) is 16.0. The molecule has 1 saturated carbocycles. The molecule has 1 aliphatic rings. The van der Waals surface area contributed by atoms with Crippen molar-refractivity contribution < 1.29 is 20.1 Å². The summed E-state index contributed by atoms with van der Waals surface area (Å²) in [6, 6.07) is 0. The van der Waals surface area contributed by atoms with Crippen LogP contribution in [0.15, 0.2) is 24.3 Å². The second-order valence-electron chi connectivity index (χ2n) is 7.26. The van der Waals surface area contributed by atoms with Gasteiger partial charge in [0, 0.05) is 26.1 Å². The van der Waals surface area contributed by atoms with Crippen molar-refractivity contribution >= 4 is 0 Å². The number of allylic oxidation sites excluding steroid dienone is 2. The van der Waals surface area contributed by atoms with Gasteiger partial charge >= 0.3 is 0 Å². The lowest BCUT2D eigenvalue weighted by atomic mass is 9.89. The van der Waals surface area contributed by atoms with E-state index in [0.29, 0.717) is 6.42 Å². The molecule has 25 heavy (non-hydrogen) atoms. The van der Waals surface area contributed by atoms with Crippen molar-refractivity contribution in [1.29, 1.82) is 0 Å². The SMILES string of the molecule is CCCCCC(O)/C=C/C1C(O)CC(O)C1C/C=C/CCCCOC. The Labute approximate surface area is 153 Å². The highest BCUT2D eigenvalue weighted by Gasteiger charge is 2.39. The Balaban J connectivity index is 2.42. The Morgan fingerprint density at radius 1 is 1.08 bits per heavy atom. The average molecular weight is 355 g/mol. The molecule has 0 heterocycles. The fourth-order valence-corrected chi connectivity index (χ4v) is 3.54. The van der Waals surface area contributed by atoms with E-state index in [9.17, 15) is 15.3 Å². The minimum atomic E-state index is -0.519. The van der Waals surface area contributed by atoms with Crippen LogP contribution < -0.4 is 0 Å². The lowest BCUT2D eigenvalue weighted by Crippen LogP contribution is -2.20. The highest BCUT2D eigenvalue weighted by Crippen LogP contribution is 2.36. The van der Waals surface area contributed by atoms with Crippen LogP contribution in [0.1, 0.15) is 64.7 Å². The van der Waals surface area contributed by atoms with E-state index in [1.54, 1.807) is 7.11 Å². The predicted octanol–water partition coefficient (Wildman–Crippen LogP) is 3.60. The summed E-state index contributed by atoms with van der Waals surface area (Å²) in [6.07, 6.45) is 15.0. The molecule has 0 aromatic rings. The molecule has 146 valence electrons. The first kappa shape index (κ1) is 22.4. The highest BCUT2D eigenvalue weighted by molar-refractivity contribution is 5.06. The van der Waals surface area contributed by atoms with Gasteiger partial charge in [0.1, 0.15) is 0 Å². The van der Waals surface area contributed by atoms with Gasteiger partial charge in [-0.3, -0.25) is 0 Å². The lowest BCUT2D eigenvalue weighted by molar-refractivity contribution is 0.120. The number of hydrogen-bond acceptors (Lipinski definition) is 4. The van der Waals surface area contributed by atoms with Crippen LogP contribution in [0.4, 0.5) is 0 Å². The van der Waals surface area contributed by atoms with E-state index in [2.05, 4.69) is 19.1 Å². The molecule has 0 amide bonds. The standard InChI is InChI=1S/C21H38O4/c1-3-4-8-11-17(22)13-14-19-18(20(23)16-21(19)24)12-9-6-5-7-10-15-25-2/h6,9,13-14,17-24H,3-5,7-8,10-12,15-16H2,1-2H3/b9-6+,14-13+. The number of aliphatic hydroxyl groups excluding tert-OH is 3. The molecule has 0 radical (unpaired) electrons. The van der Waals surface area contributed by atoms with E-state index >= 15 is 0 Å². The van der Waals surface area contributed by atoms with Gasteiger partial charge in [0.2, 0.25) is 0 Å². The Morgan fingerprint density at radius 2 is 1.88 bits per heavy atom. The Hall–Kier alpha value is -0.680. The summed E-state index contributed by atoms with van der Waals surface area (Å²) < 4.78 is 5.03. The minimum Gasteiger partial charge on any atom is -0.393 e. The molecule has 5 unspecified atom stereocenters. The van der Waals surface area contributed by atoms with Crippen LogP contribution in [0, 0.1) is 11.8 Å². The van der Waals surface area contributed by atoms with Crippen LogP contribution in [0.25, 0.3) is 0 Å². The van der Waals surface area contributed by atoms with E-state index in [1.807, 2.05) is 12.2 Å². The fraction of sp³-hybridized carbons (Fsp3) is 0.810. The van der Waals surface area contributed by atoms with Crippen LogP contribution in [0.5, 0.6) is 0 Å². The van der Waals surface area contributed by atoms with Crippen LogP contribution in [0.3, 0.4) is 0 Å². The molecule has 1 aliphatic carbocycles. The number of ether oxygens (including phenoxy) is 1. The summed E-state index contributed by atoms with van der Waals surface area (Å²) in [5.74, 6) is -0.0433. The maximum absolute atomic E-state index is 10.2. The predicted molar refractivity (Wildman–Crippen MR) is 102 cm³/mol. The molecule has 4 nitrogen and oxygen atoms in total. The third-order valence-corrected chi connectivity index (χ3v) is 5.12. The van der Waals surface area contributed by atoms with Gasteiger partial charge in [-0.15, -0.1) is 0 Å². The molecule has 1 fully saturated rings. The van der Waals surface area contributed by atoms with Gasteiger partial charge in [0.25, 0.3) is 0 Å². The third kappa shape index (κ3) is 9.00. The maximum Gasteiger partial charge on any atom is 0.0721 e. The van der Waals surface area contributed by atoms with E-state index in [1.165, 1.54) is 0 Å². The summed E-state index contributed by atoms with van der Waals surface area (Å²) >= 11 is 0. The smallest absolute Gasteiger partial charge is 0.0721 e. The van der Waals surface area contributed by atoms with Crippen molar-refractivity contribution in [2.75, 3.05) is 13.7 Å². The van der Waals surface area contributed by atoms with Crippen LogP contribution in [-0.2, 0) is 4.74 Å². The largest absolute Gasteiger partial charge is 0.393 e. The fourth-order valence-electron chi connectivity index (χ4n) is 3.54. The van der Waals surface area contributed by atoms with E-state index in [4.69, 9.17) is 4.74 Å². The molecule has 1 rings (SSSR count). The summed E-state index contributed by atoms with van der Waals surface area (Å²) in [5.41, 5.74) is 0. The number of hydrogen-bond donors (Lipinski definition) is 3. The van der Waals surface area contributed by atoms with Crippen LogP contribution in [-0.4, -0.2) is 47.3 Å². The zero-order chi connectivity index (χ0) is 18.5. The van der Waals surface area contributed by atoms with Gasteiger partial charge in [-0.05, 0) is 38.0 Å². The van der Waals surface area contributed by atoms with Gasteiger partial charge < -0.3 is 20.1 Å². The van der Waals surface area contributed by atoms with Crippen molar-refractivity contribution in [3.8, 4) is 0 Å². The summed E-state index contributed by atoms with van der Waals surface area (Å²) in [7, 11) is 1.72. The van der Waals surface area contributed by atoms with Gasteiger partial charge in [-0.1, -0.05) is 50.5 Å². The second-order valence-corrected chi connectivity index (χ2v) is 7.26. The number of rotatable bonds is 13. The monoisotopic (exact) mass is 354 g/mol. The van der Waals surface area contributed by atoms with Crippen molar-refractivity contribution in [3.63, 3.8) is 0 Å². The average Bonchev–Trinajstić information content (AvgIpc) is 2.85. The van der Waals surface area contributed by atoms with Crippen molar-refractivity contribution in [1.82, 2.24) is 0 Å². The zero-order valence-electron chi connectivity index (χ0n) is 16.0. The summed E-state index contributed by atoms with van der Waals surface area (Å²) in [4.78, 5) is 0. The molecule has 0 spiro atoms. The maximum atomic E-state index is 10.2. The first-order valence-corrected chi connectivity index (χ1v) is 9.96. The molecule has 3 N–H and O–H groups in total. The number of methoxy groups -OCH3 is 1. The first-order chi connectivity index (χ1) is 12.1.